The summed E-state index contributed by atoms with van der Waals surface area (Å²) in [4.78, 5) is 30.7. The Morgan fingerprint density at radius 2 is 1.84 bits per heavy atom. The zero-order valence-electron chi connectivity index (χ0n) is 26.7. The lowest BCUT2D eigenvalue weighted by Crippen LogP contribution is -2.62. The summed E-state index contributed by atoms with van der Waals surface area (Å²) >= 11 is 1.76. The Balaban J connectivity index is 1.54. The Morgan fingerprint density at radius 1 is 1.14 bits per heavy atom. The fourth-order valence-corrected chi connectivity index (χ4v) is 7.19. The second-order valence-corrected chi connectivity index (χ2v) is 14.1. The maximum absolute atomic E-state index is 14.0. The quantitative estimate of drug-likeness (QED) is 0.316. The largest absolute Gasteiger partial charge is 0.483 e. The molecule has 2 heterocycles. The smallest absolute Gasteiger partial charge is 0.262 e. The molecule has 0 saturated carbocycles. The predicted molar refractivity (Wildman–Crippen MR) is 178 cm³/mol. The minimum absolute atomic E-state index is 0.129. The van der Waals surface area contributed by atoms with Crippen LogP contribution in [0.5, 0.6) is 5.75 Å². The molecule has 1 fully saturated rings. The fraction of sp³-hybridized carbons (Fsp3) is 0.486. The SMILES string of the molecule is Cc1cccc(C)c1OCC(=O)N(C([C@H](O)CCc1ccccc1)N1C=CC(S[C@@H]2CCNC(C(N)=O)C2)=CC1)C(C)(C)C. The van der Waals surface area contributed by atoms with Crippen LogP contribution in [0.3, 0.4) is 0 Å². The van der Waals surface area contributed by atoms with E-state index in [-0.39, 0.29) is 29.7 Å². The molecule has 4 atom stereocenters. The molecule has 8 nitrogen and oxygen atoms in total. The highest BCUT2D eigenvalue weighted by atomic mass is 32.2. The van der Waals surface area contributed by atoms with E-state index in [4.69, 9.17) is 10.5 Å². The van der Waals surface area contributed by atoms with Crippen molar-refractivity contribution in [1.29, 1.82) is 0 Å². The molecule has 0 bridgehead atoms. The summed E-state index contributed by atoms with van der Waals surface area (Å²) in [5.74, 6) is 0.221. The van der Waals surface area contributed by atoms with Gasteiger partial charge < -0.3 is 30.7 Å². The Hall–Kier alpha value is -3.27. The number of thioether (sulfide) groups is 1. The number of nitrogens with zero attached hydrogens (tertiary/aromatic N) is 2. The molecule has 0 aliphatic carbocycles. The van der Waals surface area contributed by atoms with Crippen LogP contribution < -0.4 is 15.8 Å². The van der Waals surface area contributed by atoms with Gasteiger partial charge in [-0.3, -0.25) is 9.59 Å². The van der Waals surface area contributed by atoms with E-state index in [2.05, 4.69) is 28.4 Å². The highest BCUT2D eigenvalue weighted by Crippen LogP contribution is 2.33. The lowest BCUT2D eigenvalue weighted by Gasteiger charge is -2.48. The molecule has 0 radical (unpaired) electrons. The van der Waals surface area contributed by atoms with E-state index in [1.54, 1.807) is 16.7 Å². The van der Waals surface area contributed by atoms with Crippen molar-refractivity contribution in [3.05, 3.63) is 88.5 Å². The highest BCUT2D eigenvalue weighted by molar-refractivity contribution is 8.03. The Labute approximate surface area is 266 Å². The zero-order chi connectivity index (χ0) is 31.9. The van der Waals surface area contributed by atoms with Gasteiger partial charge in [0.05, 0.1) is 12.1 Å². The number of rotatable bonds is 12. The van der Waals surface area contributed by atoms with Crippen molar-refractivity contribution in [2.45, 2.75) is 89.4 Å². The first-order valence-corrected chi connectivity index (χ1v) is 16.4. The van der Waals surface area contributed by atoms with Gasteiger partial charge in [0.25, 0.3) is 5.91 Å². The molecular formula is C35H48N4O4S. The van der Waals surface area contributed by atoms with Crippen LogP contribution in [0.1, 0.15) is 56.7 Å². The number of carbonyl (C=O) groups is 2. The number of ether oxygens (including phenoxy) is 1. The van der Waals surface area contributed by atoms with Crippen LogP contribution in [0.15, 0.2) is 71.8 Å². The number of para-hydroxylation sites is 1. The van der Waals surface area contributed by atoms with E-state index in [0.29, 0.717) is 25.8 Å². The number of piperidine rings is 1. The molecule has 2 aromatic rings. The minimum Gasteiger partial charge on any atom is -0.483 e. The van der Waals surface area contributed by atoms with Gasteiger partial charge in [0.1, 0.15) is 11.9 Å². The lowest BCUT2D eigenvalue weighted by atomic mass is 9.98. The summed E-state index contributed by atoms with van der Waals surface area (Å²) in [5.41, 5.74) is 8.05. The van der Waals surface area contributed by atoms with E-state index < -0.39 is 17.8 Å². The van der Waals surface area contributed by atoms with Gasteiger partial charge in [0, 0.05) is 28.4 Å². The summed E-state index contributed by atoms with van der Waals surface area (Å²) < 4.78 is 6.12. The molecule has 0 aromatic heterocycles. The molecule has 2 aliphatic rings. The normalized spacial score (nSPS) is 20.0. The fourth-order valence-electron chi connectivity index (χ4n) is 5.97. The number of hydrogen-bond donors (Lipinski definition) is 3. The number of aliphatic hydroxyl groups excluding tert-OH is 1. The number of aliphatic hydroxyl groups is 1. The summed E-state index contributed by atoms with van der Waals surface area (Å²) in [5, 5.41) is 15.3. The van der Waals surface area contributed by atoms with Gasteiger partial charge in [-0.05, 0) is 89.6 Å². The van der Waals surface area contributed by atoms with Crippen LogP contribution in [0.4, 0.5) is 0 Å². The number of benzene rings is 2. The number of hydrogen-bond acceptors (Lipinski definition) is 7. The molecule has 9 heteroatoms. The average molecular weight is 621 g/mol. The Kier molecular flexibility index (Phi) is 11.6. The second kappa shape index (κ2) is 15.1. The molecule has 2 aromatic carbocycles. The Morgan fingerprint density at radius 3 is 2.45 bits per heavy atom. The predicted octanol–water partition coefficient (Wildman–Crippen LogP) is 4.68. The van der Waals surface area contributed by atoms with Crippen LogP contribution in [-0.4, -0.2) is 75.5 Å². The molecular weight excluding hydrogens is 572 g/mol. The average Bonchev–Trinajstić information content (AvgIpc) is 2.99. The molecule has 1 saturated heterocycles. The molecule has 238 valence electrons. The zero-order valence-corrected chi connectivity index (χ0v) is 27.5. The van der Waals surface area contributed by atoms with Gasteiger partial charge in [-0.2, -0.15) is 0 Å². The third-order valence-corrected chi connectivity index (χ3v) is 9.53. The van der Waals surface area contributed by atoms with Crippen molar-refractivity contribution in [1.82, 2.24) is 15.1 Å². The first-order chi connectivity index (χ1) is 20.9. The molecule has 4 N–H and O–H groups in total. The van der Waals surface area contributed by atoms with Crippen LogP contribution in [-0.2, 0) is 16.0 Å². The third-order valence-electron chi connectivity index (χ3n) is 8.20. The van der Waals surface area contributed by atoms with Crippen LogP contribution >= 0.6 is 11.8 Å². The second-order valence-electron chi connectivity index (χ2n) is 12.7. The third kappa shape index (κ3) is 8.89. The Bertz CT molecular complexity index is 1320. The summed E-state index contributed by atoms with van der Waals surface area (Å²) in [6, 6.07) is 15.7. The van der Waals surface area contributed by atoms with Gasteiger partial charge >= 0.3 is 0 Å². The van der Waals surface area contributed by atoms with Crippen molar-refractivity contribution in [2.75, 3.05) is 19.7 Å². The van der Waals surface area contributed by atoms with Crippen molar-refractivity contribution < 1.29 is 19.4 Å². The van der Waals surface area contributed by atoms with E-state index in [1.807, 2.05) is 83.3 Å². The summed E-state index contributed by atoms with van der Waals surface area (Å²) in [6.07, 6.45) is 7.59. The maximum atomic E-state index is 14.0. The highest BCUT2D eigenvalue weighted by Gasteiger charge is 2.40. The van der Waals surface area contributed by atoms with Gasteiger partial charge in [-0.25, -0.2) is 0 Å². The first-order valence-electron chi connectivity index (χ1n) is 15.5. The van der Waals surface area contributed by atoms with Gasteiger partial charge in [0.2, 0.25) is 5.91 Å². The number of primary amides is 1. The molecule has 44 heavy (non-hydrogen) atoms. The van der Waals surface area contributed by atoms with E-state index in [9.17, 15) is 14.7 Å². The molecule has 0 spiro atoms. The van der Waals surface area contributed by atoms with Crippen LogP contribution in [0, 0.1) is 13.8 Å². The molecule has 4 rings (SSSR count). The van der Waals surface area contributed by atoms with E-state index in [0.717, 1.165) is 40.3 Å². The van der Waals surface area contributed by atoms with E-state index in [1.165, 1.54) is 0 Å². The van der Waals surface area contributed by atoms with Crippen LogP contribution in [0.2, 0.25) is 0 Å². The van der Waals surface area contributed by atoms with E-state index >= 15 is 0 Å². The lowest BCUT2D eigenvalue weighted by molar-refractivity contribution is -0.153. The van der Waals surface area contributed by atoms with Crippen LogP contribution in [0.25, 0.3) is 0 Å². The first kappa shape index (κ1) is 33.6. The van der Waals surface area contributed by atoms with Crippen molar-refractivity contribution in [2.24, 2.45) is 5.73 Å². The number of amides is 2. The van der Waals surface area contributed by atoms with Crippen molar-refractivity contribution >= 4 is 23.6 Å². The number of nitrogens with two attached hydrogens (primary N) is 1. The van der Waals surface area contributed by atoms with Gasteiger partial charge in [-0.15, -0.1) is 11.8 Å². The molecule has 2 unspecified atom stereocenters. The number of aryl methyl sites for hydroxylation is 3. The minimum atomic E-state index is -0.813. The molecule has 2 aliphatic heterocycles. The standard InChI is InChI=1S/C35H48N4O4S/c1-24-10-9-11-25(2)32(24)43-23-31(41)39(35(3,4)5)34(30(40)15-14-26-12-7-6-8-13-26)38-20-17-27(18-21-38)44-28-16-19-37-29(22-28)33(36)42/h6-13,17-18,20,28-30,34,37,40H,14-16,19,21-23H2,1-5H3,(H2,36,42)/t28-,29?,30-,34?/m1/s1. The summed E-state index contributed by atoms with van der Waals surface area (Å²) in [6.45, 7) is 11.1. The topological polar surface area (TPSA) is 108 Å². The maximum Gasteiger partial charge on any atom is 0.262 e. The monoisotopic (exact) mass is 620 g/mol. The summed E-state index contributed by atoms with van der Waals surface area (Å²) in [7, 11) is 0. The number of carbonyl (C=O) groups excluding carboxylic acids is 2. The van der Waals surface area contributed by atoms with Crippen molar-refractivity contribution in [3.63, 3.8) is 0 Å². The van der Waals surface area contributed by atoms with Gasteiger partial charge in [0.15, 0.2) is 6.61 Å². The number of nitrogens with one attached hydrogen (secondary N) is 1. The number of allylic oxidation sites excluding steroid dienone is 1. The van der Waals surface area contributed by atoms with Gasteiger partial charge in [-0.1, -0.05) is 54.6 Å². The van der Waals surface area contributed by atoms with Crippen molar-refractivity contribution in [3.8, 4) is 5.75 Å². The molecule has 2 amide bonds.